The SMILES string of the molecule is CCNc1cc(N(C)C2CCCC2)nc(C(F)(F)F)n1. The van der Waals surface area contributed by atoms with Gasteiger partial charge >= 0.3 is 6.18 Å². The number of hydrogen-bond donors (Lipinski definition) is 1. The summed E-state index contributed by atoms with van der Waals surface area (Å²) in [5.41, 5.74) is 0. The second-order valence-electron chi connectivity index (χ2n) is 5.01. The van der Waals surface area contributed by atoms with Crippen molar-refractivity contribution in [2.75, 3.05) is 23.8 Å². The van der Waals surface area contributed by atoms with Crippen LogP contribution in [0.2, 0.25) is 0 Å². The minimum Gasteiger partial charge on any atom is -0.370 e. The average Bonchev–Trinajstić information content (AvgIpc) is 2.90. The van der Waals surface area contributed by atoms with E-state index in [1.54, 1.807) is 13.1 Å². The highest BCUT2D eigenvalue weighted by Gasteiger charge is 2.36. The van der Waals surface area contributed by atoms with Gasteiger partial charge in [0.25, 0.3) is 0 Å². The molecule has 0 radical (unpaired) electrons. The summed E-state index contributed by atoms with van der Waals surface area (Å²) < 4.78 is 38.6. The van der Waals surface area contributed by atoms with E-state index in [2.05, 4.69) is 15.3 Å². The Morgan fingerprint density at radius 1 is 1.30 bits per heavy atom. The lowest BCUT2D eigenvalue weighted by Crippen LogP contribution is -2.30. The zero-order valence-corrected chi connectivity index (χ0v) is 11.7. The lowest BCUT2D eigenvalue weighted by molar-refractivity contribution is -0.144. The Morgan fingerprint density at radius 3 is 2.50 bits per heavy atom. The molecule has 1 N–H and O–H groups in total. The minimum absolute atomic E-state index is 0.217. The van der Waals surface area contributed by atoms with Gasteiger partial charge in [0.1, 0.15) is 11.6 Å². The van der Waals surface area contributed by atoms with E-state index in [-0.39, 0.29) is 11.9 Å². The Morgan fingerprint density at radius 2 is 1.95 bits per heavy atom. The fourth-order valence-electron chi connectivity index (χ4n) is 2.49. The molecule has 20 heavy (non-hydrogen) atoms. The van der Waals surface area contributed by atoms with Gasteiger partial charge in [0, 0.05) is 25.7 Å². The molecule has 0 saturated heterocycles. The third kappa shape index (κ3) is 3.32. The summed E-state index contributed by atoms with van der Waals surface area (Å²) in [6, 6.07) is 1.84. The maximum absolute atomic E-state index is 12.9. The molecular weight excluding hydrogens is 269 g/mol. The molecule has 1 heterocycles. The number of nitrogens with one attached hydrogen (secondary N) is 1. The first-order valence-corrected chi connectivity index (χ1v) is 6.84. The van der Waals surface area contributed by atoms with Crippen LogP contribution in [0.15, 0.2) is 6.07 Å². The van der Waals surface area contributed by atoms with E-state index >= 15 is 0 Å². The van der Waals surface area contributed by atoms with Gasteiger partial charge in [-0.3, -0.25) is 0 Å². The summed E-state index contributed by atoms with van der Waals surface area (Å²) in [6.07, 6.45) is -0.300. The summed E-state index contributed by atoms with van der Waals surface area (Å²) in [5, 5.41) is 2.83. The number of alkyl halides is 3. The van der Waals surface area contributed by atoms with E-state index in [1.807, 2.05) is 11.8 Å². The van der Waals surface area contributed by atoms with Crippen molar-refractivity contribution in [1.82, 2.24) is 9.97 Å². The third-order valence-corrected chi connectivity index (χ3v) is 3.56. The first-order chi connectivity index (χ1) is 9.41. The third-order valence-electron chi connectivity index (χ3n) is 3.56. The molecule has 0 spiro atoms. The smallest absolute Gasteiger partial charge is 0.370 e. The molecule has 1 fully saturated rings. The van der Waals surface area contributed by atoms with Crippen LogP contribution in [-0.2, 0) is 6.18 Å². The lowest BCUT2D eigenvalue weighted by atomic mass is 10.2. The van der Waals surface area contributed by atoms with E-state index in [4.69, 9.17) is 0 Å². The summed E-state index contributed by atoms with van der Waals surface area (Å²) in [7, 11) is 1.80. The van der Waals surface area contributed by atoms with Crippen molar-refractivity contribution in [2.24, 2.45) is 0 Å². The number of aromatic nitrogens is 2. The average molecular weight is 288 g/mol. The number of nitrogens with zero attached hydrogens (tertiary/aromatic N) is 3. The molecule has 1 saturated carbocycles. The maximum Gasteiger partial charge on any atom is 0.451 e. The van der Waals surface area contributed by atoms with Gasteiger partial charge in [0.2, 0.25) is 5.82 Å². The van der Waals surface area contributed by atoms with Gasteiger partial charge in [-0.2, -0.15) is 13.2 Å². The van der Waals surface area contributed by atoms with Crippen LogP contribution in [0.3, 0.4) is 0 Å². The second-order valence-corrected chi connectivity index (χ2v) is 5.01. The second kappa shape index (κ2) is 5.85. The molecule has 0 aliphatic heterocycles. The molecular formula is C13H19F3N4. The highest BCUT2D eigenvalue weighted by atomic mass is 19.4. The van der Waals surface area contributed by atoms with Crippen molar-refractivity contribution >= 4 is 11.6 Å². The van der Waals surface area contributed by atoms with Crippen molar-refractivity contribution in [3.05, 3.63) is 11.9 Å². The van der Waals surface area contributed by atoms with Crippen LogP contribution in [0, 0.1) is 0 Å². The molecule has 0 unspecified atom stereocenters. The van der Waals surface area contributed by atoms with Crippen molar-refractivity contribution in [3.8, 4) is 0 Å². The number of anilines is 2. The molecule has 4 nitrogen and oxygen atoms in total. The van der Waals surface area contributed by atoms with Crippen LogP contribution >= 0.6 is 0 Å². The van der Waals surface area contributed by atoms with E-state index in [0.717, 1.165) is 25.7 Å². The summed E-state index contributed by atoms with van der Waals surface area (Å²) in [6.45, 7) is 2.33. The molecule has 1 aromatic heterocycles. The van der Waals surface area contributed by atoms with Gasteiger partial charge in [-0.05, 0) is 19.8 Å². The van der Waals surface area contributed by atoms with Gasteiger partial charge in [-0.25, -0.2) is 9.97 Å². The zero-order valence-electron chi connectivity index (χ0n) is 11.7. The molecule has 0 atom stereocenters. The number of rotatable bonds is 4. The van der Waals surface area contributed by atoms with E-state index in [9.17, 15) is 13.2 Å². The topological polar surface area (TPSA) is 41.0 Å². The van der Waals surface area contributed by atoms with E-state index < -0.39 is 12.0 Å². The molecule has 0 amide bonds. The van der Waals surface area contributed by atoms with Gasteiger partial charge in [0.15, 0.2) is 0 Å². The van der Waals surface area contributed by atoms with Gasteiger partial charge in [0.05, 0.1) is 0 Å². The van der Waals surface area contributed by atoms with E-state index in [0.29, 0.717) is 12.4 Å². The van der Waals surface area contributed by atoms with Crippen molar-refractivity contribution in [1.29, 1.82) is 0 Å². The summed E-state index contributed by atoms with van der Waals surface area (Å²) >= 11 is 0. The monoisotopic (exact) mass is 288 g/mol. The first kappa shape index (κ1) is 14.9. The van der Waals surface area contributed by atoms with E-state index in [1.165, 1.54) is 0 Å². The normalized spacial score (nSPS) is 16.4. The molecule has 112 valence electrons. The Balaban J connectivity index is 2.32. The van der Waals surface area contributed by atoms with Crippen LogP contribution in [0.25, 0.3) is 0 Å². The standard InChI is InChI=1S/C13H19F3N4/c1-3-17-10-8-11(19-12(18-10)13(14,15)16)20(2)9-6-4-5-7-9/h8-9H,3-7H2,1-2H3,(H,17,18,19). The number of halogens is 3. The highest BCUT2D eigenvalue weighted by molar-refractivity contribution is 5.50. The predicted molar refractivity (Wildman–Crippen MR) is 71.9 cm³/mol. The summed E-state index contributed by atoms with van der Waals surface area (Å²) in [4.78, 5) is 9.05. The van der Waals surface area contributed by atoms with Gasteiger partial charge in [-0.1, -0.05) is 12.8 Å². The Labute approximate surface area is 116 Å². The molecule has 0 bridgehead atoms. The maximum atomic E-state index is 12.9. The Bertz CT molecular complexity index is 455. The fraction of sp³-hybridized carbons (Fsp3) is 0.692. The minimum atomic E-state index is -4.53. The zero-order chi connectivity index (χ0) is 14.8. The predicted octanol–water partition coefficient (Wildman–Crippen LogP) is 3.31. The molecule has 1 aromatic rings. The summed E-state index contributed by atoms with van der Waals surface area (Å²) in [5.74, 6) is -0.541. The molecule has 7 heteroatoms. The van der Waals surface area contributed by atoms with Crippen molar-refractivity contribution in [3.63, 3.8) is 0 Å². The first-order valence-electron chi connectivity index (χ1n) is 6.84. The molecule has 0 aromatic carbocycles. The fourth-order valence-corrected chi connectivity index (χ4v) is 2.49. The van der Waals surface area contributed by atoms with Gasteiger partial charge < -0.3 is 10.2 Å². The van der Waals surface area contributed by atoms with Crippen molar-refractivity contribution in [2.45, 2.75) is 44.8 Å². The molecule has 2 rings (SSSR count). The van der Waals surface area contributed by atoms with Gasteiger partial charge in [-0.15, -0.1) is 0 Å². The lowest BCUT2D eigenvalue weighted by Gasteiger charge is -2.26. The highest BCUT2D eigenvalue weighted by Crippen LogP contribution is 2.31. The number of hydrogen-bond acceptors (Lipinski definition) is 4. The van der Waals surface area contributed by atoms with Crippen molar-refractivity contribution < 1.29 is 13.2 Å². The Hall–Kier alpha value is -1.53. The van der Waals surface area contributed by atoms with Crippen LogP contribution in [-0.4, -0.2) is 29.6 Å². The molecule has 1 aliphatic rings. The van der Waals surface area contributed by atoms with Crippen LogP contribution < -0.4 is 10.2 Å². The quantitative estimate of drug-likeness (QED) is 0.923. The molecule has 1 aliphatic carbocycles. The van der Waals surface area contributed by atoms with Crippen LogP contribution in [0.1, 0.15) is 38.4 Å². The van der Waals surface area contributed by atoms with Crippen LogP contribution in [0.4, 0.5) is 24.8 Å². The largest absolute Gasteiger partial charge is 0.451 e. The Kier molecular flexibility index (Phi) is 4.35. The van der Waals surface area contributed by atoms with Crippen LogP contribution in [0.5, 0.6) is 0 Å².